The zero-order valence-corrected chi connectivity index (χ0v) is 15.4. The van der Waals surface area contributed by atoms with Crippen LogP contribution in [0.4, 0.5) is 0 Å². The highest BCUT2D eigenvalue weighted by Gasteiger charge is 2.17. The van der Waals surface area contributed by atoms with Gasteiger partial charge < -0.3 is 0 Å². The largest absolute Gasteiger partial charge is 0.269 e. The lowest BCUT2D eigenvalue weighted by Crippen LogP contribution is -2.24. The van der Waals surface area contributed by atoms with Crippen molar-refractivity contribution in [2.45, 2.75) is 13.3 Å². The zero-order valence-electron chi connectivity index (χ0n) is 15.4. The number of rotatable bonds is 3. The van der Waals surface area contributed by atoms with Gasteiger partial charge in [0.2, 0.25) is 0 Å². The van der Waals surface area contributed by atoms with E-state index in [0.29, 0.717) is 23.3 Å². The lowest BCUT2D eigenvalue weighted by Gasteiger charge is -2.14. The van der Waals surface area contributed by atoms with Crippen molar-refractivity contribution in [3.05, 3.63) is 95.2 Å². The van der Waals surface area contributed by atoms with Gasteiger partial charge in [-0.15, -0.1) is 0 Å². The van der Waals surface area contributed by atoms with E-state index in [1.807, 2.05) is 67.6 Å². The zero-order chi connectivity index (χ0) is 19.1. The SMILES string of the molecule is CCc1nc2c(cnn2-c2ccccc2)c(=O)n1-c1cccc2ccccc12. The number of para-hydroxylation sites is 1. The second-order valence-electron chi connectivity index (χ2n) is 6.65. The van der Waals surface area contributed by atoms with E-state index in [2.05, 4.69) is 17.2 Å². The highest BCUT2D eigenvalue weighted by Crippen LogP contribution is 2.23. The molecule has 5 heteroatoms. The minimum atomic E-state index is -0.0969. The number of aryl methyl sites for hydroxylation is 1. The summed E-state index contributed by atoms with van der Waals surface area (Å²) in [6.07, 6.45) is 2.24. The normalized spacial score (nSPS) is 11.3. The van der Waals surface area contributed by atoms with Crippen molar-refractivity contribution < 1.29 is 0 Å². The van der Waals surface area contributed by atoms with Crippen molar-refractivity contribution in [1.82, 2.24) is 19.3 Å². The van der Waals surface area contributed by atoms with E-state index >= 15 is 0 Å². The number of fused-ring (bicyclic) bond motifs is 2. The number of aromatic nitrogens is 4. The summed E-state index contributed by atoms with van der Waals surface area (Å²) < 4.78 is 3.45. The van der Waals surface area contributed by atoms with E-state index < -0.39 is 0 Å². The molecule has 0 aliphatic rings. The monoisotopic (exact) mass is 366 g/mol. The Morgan fingerprint density at radius 1 is 0.857 bits per heavy atom. The van der Waals surface area contributed by atoms with Gasteiger partial charge >= 0.3 is 0 Å². The summed E-state index contributed by atoms with van der Waals surface area (Å²) in [7, 11) is 0. The Morgan fingerprint density at radius 3 is 2.43 bits per heavy atom. The summed E-state index contributed by atoms with van der Waals surface area (Å²) in [4.78, 5) is 18.3. The molecule has 5 aromatic rings. The Balaban J connectivity index is 1.84. The molecule has 0 spiro atoms. The van der Waals surface area contributed by atoms with Crippen LogP contribution in [0.3, 0.4) is 0 Å². The predicted molar refractivity (Wildman–Crippen MR) is 111 cm³/mol. The van der Waals surface area contributed by atoms with Gasteiger partial charge in [-0.25, -0.2) is 9.67 Å². The quantitative estimate of drug-likeness (QED) is 0.479. The van der Waals surface area contributed by atoms with E-state index in [1.165, 1.54) is 0 Å². The molecule has 0 aliphatic heterocycles. The topological polar surface area (TPSA) is 52.7 Å². The van der Waals surface area contributed by atoms with E-state index in [0.717, 1.165) is 22.1 Å². The van der Waals surface area contributed by atoms with Crippen molar-refractivity contribution in [3.63, 3.8) is 0 Å². The Bertz CT molecular complexity index is 1360. The fourth-order valence-corrected chi connectivity index (χ4v) is 3.66. The first kappa shape index (κ1) is 16.4. The summed E-state index contributed by atoms with van der Waals surface area (Å²) in [6, 6.07) is 23.8. The van der Waals surface area contributed by atoms with Gasteiger partial charge in [0.25, 0.3) is 5.56 Å². The molecule has 5 rings (SSSR count). The van der Waals surface area contributed by atoms with Crippen molar-refractivity contribution in [2.75, 3.05) is 0 Å². The highest BCUT2D eigenvalue weighted by molar-refractivity contribution is 5.90. The summed E-state index contributed by atoms with van der Waals surface area (Å²) in [5.41, 5.74) is 2.22. The number of nitrogens with zero attached hydrogens (tertiary/aromatic N) is 4. The van der Waals surface area contributed by atoms with Gasteiger partial charge in [0, 0.05) is 11.8 Å². The van der Waals surface area contributed by atoms with Crippen LogP contribution in [0.5, 0.6) is 0 Å². The van der Waals surface area contributed by atoms with E-state index in [-0.39, 0.29) is 5.56 Å². The average Bonchev–Trinajstić information content (AvgIpc) is 3.18. The maximum atomic E-state index is 13.5. The molecule has 28 heavy (non-hydrogen) atoms. The van der Waals surface area contributed by atoms with E-state index in [9.17, 15) is 4.79 Å². The first-order valence-corrected chi connectivity index (χ1v) is 9.31. The van der Waals surface area contributed by atoms with Crippen LogP contribution in [-0.2, 0) is 6.42 Å². The first-order valence-electron chi connectivity index (χ1n) is 9.31. The van der Waals surface area contributed by atoms with Crippen molar-refractivity contribution in [2.24, 2.45) is 0 Å². The minimum Gasteiger partial charge on any atom is -0.268 e. The molecular formula is C23H18N4O. The van der Waals surface area contributed by atoms with Gasteiger partial charge in [0.1, 0.15) is 11.2 Å². The molecule has 3 aromatic carbocycles. The molecule has 0 N–H and O–H groups in total. The molecule has 0 radical (unpaired) electrons. The molecule has 5 nitrogen and oxygen atoms in total. The van der Waals surface area contributed by atoms with Crippen LogP contribution in [0.25, 0.3) is 33.2 Å². The summed E-state index contributed by atoms with van der Waals surface area (Å²) in [5, 5.41) is 7.07. The first-order chi connectivity index (χ1) is 13.8. The second-order valence-corrected chi connectivity index (χ2v) is 6.65. The molecule has 0 amide bonds. The number of hydrogen-bond acceptors (Lipinski definition) is 3. The van der Waals surface area contributed by atoms with Gasteiger partial charge in [-0.05, 0) is 23.6 Å². The van der Waals surface area contributed by atoms with Crippen LogP contribution in [-0.4, -0.2) is 19.3 Å². The molecule has 0 aliphatic carbocycles. The van der Waals surface area contributed by atoms with Crippen LogP contribution in [0.2, 0.25) is 0 Å². The molecule has 0 saturated heterocycles. The fraction of sp³-hybridized carbons (Fsp3) is 0.0870. The van der Waals surface area contributed by atoms with E-state index in [4.69, 9.17) is 4.98 Å². The van der Waals surface area contributed by atoms with Crippen LogP contribution in [0.1, 0.15) is 12.7 Å². The molecule has 0 atom stereocenters. The Kier molecular flexibility index (Phi) is 3.79. The van der Waals surface area contributed by atoms with Crippen LogP contribution in [0.15, 0.2) is 83.8 Å². The average molecular weight is 366 g/mol. The third-order valence-corrected chi connectivity index (χ3v) is 4.99. The van der Waals surface area contributed by atoms with Gasteiger partial charge in [0.05, 0.1) is 17.6 Å². The Labute approximate surface area is 161 Å². The lowest BCUT2D eigenvalue weighted by molar-refractivity contribution is 0.820. The number of benzene rings is 3. The molecule has 0 saturated carbocycles. The maximum Gasteiger partial charge on any atom is 0.269 e. The standard InChI is InChI=1S/C23H18N4O/c1-2-21-25-22-19(15-24-27(22)17-11-4-3-5-12-17)23(28)26(21)20-14-8-10-16-9-6-7-13-18(16)20/h3-15H,2H2,1H3. The maximum absolute atomic E-state index is 13.5. The van der Waals surface area contributed by atoms with Crippen molar-refractivity contribution >= 4 is 21.8 Å². The summed E-state index contributed by atoms with van der Waals surface area (Å²) in [6.45, 7) is 2.01. The summed E-state index contributed by atoms with van der Waals surface area (Å²) in [5.74, 6) is 0.714. The second kappa shape index (κ2) is 6.46. The van der Waals surface area contributed by atoms with Crippen molar-refractivity contribution in [3.8, 4) is 11.4 Å². The minimum absolute atomic E-state index is 0.0969. The Morgan fingerprint density at radius 2 is 1.61 bits per heavy atom. The predicted octanol–water partition coefficient (Wildman–Crippen LogP) is 4.29. The van der Waals surface area contributed by atoms with Gasteiger partial charge in [-0.3, -0.25) is 9.36 Å². The Hall–Kier alpha value is -3.73. The molecular weight excluding hydrogens is 348 g/mol. The molecule has 2 aromatic heterocycles. The fourth-order valence-electron chi connectivity index (χ4n) is 3.66. The van der Waals surface area contributed by atoms with Crippen LogP contribution >= 0.6 is 0 Å². The van der Waals surface area contributed by atoms with E-state index in [1.54, 1.807) is 15.4 Å². The highest BCUT2D eigenvalue weighted by atomic mass is 16.1. The molecule has 0 fully saturated rings. The molecule has 136 valence electrons. The number of hydrogen-bond donors (Lipinski definition) is 0. The smallest absolute Gasteiger partial charge is 0.268 e. The third kappa shape index (κ3) is 2.44. The molecule has 0 bridgehead atoms. The van der Waals surface area contributed by atoms with Gasteiger partial charge in [0.15, 0.2) is 5.65 Å². The van der Waals surface area contributed by atoms with Gasteiger partial charge in [-0.2, -0.15) is 5.10 Å². The van der Waals surface area contributed by atoms with Crippen LogP contribution in [0, 0.1) is 0 Å². The molecule has 0 unspecified atom stereocenters. The van der Waals surface area contributed by atoms with Gasteiger partial charge in [-0.1, -0.05) is 61.5 Å². The third-order valence-electron chi connectivity index (χ3n) is 4.99. The molecule has 2 heterocycles. The lowest BCUT2D eigenvalue weighted by atomic mass is 10.1. The van der Waals surface area contributed by atoms with Crippen LogP contribution < -0.4 is 5.56 Å². The van der Waals surface area contributed by atoms with Crippen molar-refractivity contribution in [1.29, 1.82) is 0 Å². The summed E-state index contributed by atoms with van der Waals surface area (Å²) >= 11 is 0.